The zero-order chi connectivity index (χ0) is 13.8. The van der Waals surface area contributed by atoms with Crippen molar-refractivity contribution in [3.05, 3.63) is 23.8 Å². The lowest BCUT2D eigenvalue weighted by Gasteiger charge is -2.12. The number of nitrogen functional groups attached to an aromatic ring is 1. The molecule has 1 unspecified atom stereocenters. The zero-order valence-electron chi connectivity index (χ0n) is 10.8. The van der Waals surface area contributed by atoms with E-state index in [1.807, 2.05) is 13.8 Å². The quantitative estimate of drug-likeness (QED) is 0.636. The molecule has 0 saturated carbocycles. The van der Waals surface area contributed by atoms with Crippen LogP contribution in [0.4, 0.5) is 5.69 Å². The van der Waals surface area contributed by atoms with Gasteiger partial charge in [-0.2, -0.15) is 0 Å². The van der Waals surface area contributed by atoms with Crippen molar-refractivity contribution in [2.45, 2.75) is 26.4 Å². The minimum Gasteiger partial charge on any atom is -0.459 e. The Labute approximate surface area is 110 Å². The van der Waals surface area contributed by atoms with Crippen molar-refractivity contribution in [3.63, 3.8) is 0 Å². The van der Waals surface area contributed by atoms with E-state index in [9.17, 15) is 4.79 Å². The third-order valence-electron chi connectivity index (χ3n) is 2.75. The van der Waals surface area contributed by atoms with Gasteiger partial charge in [0.2, 0.25) is 0 Å². The summed E-state index contributed by atoms with van der Waals surface area (Å²) in [7, 11) is 0. The molecule has 1 aromatic heterocycles. The average Bonchev–Trinajstić information content (AvgIpc) is 2.92. The van der Waals surface area contributed by atoms with E-state index in [0.29, 0.717) is 22.6 Å². The molecule has 1 atom stereocenters. The lowest BCUT2D eigenvalue weighted by Crippen LogP contribution is -2.15. The van der Waals surface area contributed by atoms with Gasteiger partial charge >= 0.3 is 5.97 Å². The summed E-state index contributed by atoms with van der Waals surface area (Å²) in [5.74, 6) is -0.0378. The maximum absolute atomic E-state index is 12.1. The number of benzene rings is 1. The number of ether oxygens (including phenoxy) is 1. The first kappa shape index (κ1) is 13.0. The zero-order valence-corrected chi connectivity index (χ0v) is 10.8. The van der Waals surface area contributed by atoms with Crippen molar-refractivity contribution in [1.82, 2.24) is 20.6 Å². The molecule has 1 aromatic carbocycles. The third kappa shape index (κ3) is 2.87. The van der Waals surface area contributed by atoms with Crippen molar-refractivity contribution in [2.24, 2.45) is 0 Å². The predicted molar refractivity (Wildman–Crippen MR) is 69.2 cm³/mol. The second-order valence-electron chi connectivity index (χ2n) is 4.18. The van der Waals surface area contributed by atoms with Crippen LogP contribution in [0.5, 0.6) is 0 Å². The van der Waals surface area contributed by atoms with E-state index in [-0.39, 0.29) is 6.10 Å². The minimum atomic E-state index is -0.416. The van der Waals surface area contributed by atoms with Gasteiger partial charge in [-0.15, -0.1) is 5.10 Å². The molecule has 19 heavy (non-hydrogen) atoms. The van der Waals surface area contributed by atoms with Gasteiger partial charge in [-0.05, 0) is 42.0 Å². The lowest BCUT2D eigenvalue weighted by molar-refractivity contribution is 0.0335. The molecule has 0 saturated heterocycles. The molecule has 7 nitrogen and oxygen atoms in total. The predicted octanol–water partition coefficient (Wildman–Crippen LogP) is 1.40. The van der Waals surface area contributed by atoms with Crippen molar-refractivity contribution in [3.8, 4) is 11.4 Å². The molecular formula is C12H15N5O2. The molecule has 0 radical (unpaired) electrons. The van der Waals surface area contributed by atoms with Crippen molar-refractivity contribution in [2.75, 3.05) is 5.73 Å². The van der Waals surface area contributed by atoms with Gasteiger partial charge in [0.15, 0.2) is 5.82 Å². The van der Waals surface area contributed by atoms with Gasteiger partial charge in [0.05, 0.1) is 11.7 Å². The first-order valence-electron chi connectivity index (χ1n) is 5.96. The summed E-state index contributed by atoms with van der Waals surface area (Å²) < 4.78 is 5.30. The fourth-order valence-electron chi connectivity index (χ4n) is 1.54. The van der Waals surface area contributed by atoms with E-state index in [1.54, 1.807) is 18.2 Å². The fourth-order valence-corrected chi connectivity index (χ4v) is 1.54. The third-order valence-corrected chi connectivity index (χ3v) is 2.75. The Kier molecular flexibility index (Phi) is 3.74. The maximum Gasteiger partial charge on any atom is 0.339 e. The Bertz CT molecular complexity index is 568. The number of tetrazole rings is 1. The van der Waals surface area contributed by atoms with Gasteiger partial charge in [-0.1, -0.05) is 6.92 Å². The van der Waals surface area contributed by atoms with Gasteiger partial charge in [0.25, 0.3) is 0 Å². The van der Waals surface area contributed by atoms with Crippen molar-refractivity contribution < 1.29 is 9.53 Å². The number of aromatic nitrogens is 4. The van der Waals surface area contributed by atoms with E-state index in [2.05, 4.69) is 20.6 Å². The number of nitrogens with zero attached hydrogens (tertiary/aromatic N) is 3. The smallest absolute Gasteiger partial charge is 0.339 e. The summed E-state index contributed by atoms with van der Waals surface area (Å²) >= 11 is 0. The van der Waals surface area contributed by atoms with Gasteiger partial charge < -0.3 is 10.5 Å². The van der Waals surface area contributed by atoms with Crippen molar-refractivity contribution in [1.29, 1.82) is 0 Å². The Morgan fingerprint density at radius 1 is 1.53 bits per heavy atom. The molecule has 0 amide bonds. The van der Waals surface area contributed by atoms with Crippen LogP contribution in [0, 0.1) is 0 Å². The summed E-state index contributed by atoms with van der Waals surface area (Å²) in [6.07, 6.45) is 0.602. The molecular weight excluding hydrogens is 246 g/mol. The monoisotopic (exact) mass is 261 g/mol. The Morgan fingerprint density at radius 2 is 2.32 bits per heavy atom. The number of anilines is 1. The topological polar surface area (TPSA) is 107 Å². The normalized spacial score (nSPS) is 12.1. The van der Waals surface area contributed by atoms with Crippen LogP contribution in [0.15, 0.2) is 18.2 Å². The maximum atomic E-state index is 12.1. The van der Waals surface area contributed by atoms with E-state index in [4.69, 9.17) is 10.5 Å². The van der Waals surface area contributed by atoms with E-state index in [1.165, 1.54) is 0 Å². The van der Waals surface area contributed by atoms with E-state index >= 15 is 0 Å². The van der Waals surface area contributed by atoms with Crippen LogP contribution in [0.1, 0.15) is 30.6 Å². The number of aromatic amines is 1. The largest absolute Gasteiger partial charge is 0.459 e. The number of nitrogens with two attached hydrogens (primary N) is 1. The molecule has 7 heteroatoms. The second-order valence-corrected chi connectivity index (χ2v) is 4.18. The van der Waals surface area contributed by atoms with Crippen LogP contribution in [0.3, 0.4) is 0 Å². The summed E-state index contributed by atoms with van der Waals surface area (Å²) in [5, 5.41) is 13.4. The molecule has 2 rings (SSSR count). The molecule has 0 bridgehead atoms. The van der Waals surface area contributed by atoms with Gasteiger partial charge in [-0.3, -0.25) is 0 Å². The number of hydrogen-bond donors (Lipinski definition) is 2. The molecule has 0 spiro atoms. The van der Waals surface area contributed by atoms with Crippen LogP contribution < -0.4 is 5.73 Å². The summed E-state index contributed by atoms with van der Waals surface area (Å²) in [6.45, 7) is 3.78. The number of carbonyl (C=O) groups is 1. The summed E-state index contributed by atoms with van der Waals surface area (Å²) in [6, 6.07) is 4.88. The molecule has 100 valence electrons. The SMILES string of the molecule is CCC(C)OC(=O)c1ccc(N)cc1-c1nnn[nH]1. The Hall–Kier alpha value is -2.44. The molecule has 2 aromatic rings. The van der Waals surface area contributed by atoms with E-state index in [0.717, 1.165) is 6.42 Å². The minimum absolute atomic E-state index is 0.147. The molecule has 1 heterocycles. The van der Waals surface area contributed by atoms with E-state index < -0.39 is 5.97 Å². The molecule has 0 fully saturated rings. The molecule has 3 N–H and O–H groups in total. The van der Waals surface area contributed by atoms with Gasteiger partial charge in [0.1, 0.15) is 0 Å². The van der Waals surface area contributed by atoms with Gasteiger partial charge in [0, 0.05) is 11.3 Å². The summed E-state index contributed by atoms with van der Waals surface area (Å²) in [5.41, 5.74) is 7.16. The van der Waals surface area contributed by atoms with Crippen LogP contribution in [0.2, 0.25) is 0 Å². The number of hydrogen-bond acceptors (Lipinski definition) is 6. The molecule has 0 aliphatic heterocycles. The first-order chi connectivity index (χ1) is 9.11. The number of H-pyrrole nitrogens is 1. The van der Waals surface area contributed by atoms with Crippen LogP contribution >= 0.6 is 0 Å². The average molecular weight is 261 g/mol. The Morgan fingerprint density at radius 3 is 2.95 bits per heavy atom. The highest BCUT2D eigenvalue weighted by atomic mass is 16.5. The number of nitrogens with one attached hydrogen (secondary N) is 1. The van der Waals surface area contributed by atoms with Gasteiger partial charge in [-0.25, -0.2) is 9.89 Å². The molecule has 0 aliphatic rings. The fraction of sp³-hybridized carbons (Fsp3) is 0.333. The van der Waals surface area contributed by atoms with Crippen LogP contribution in [-0.4, -0.2) is 32.7 Å². The standard InChI is InChI=1S/C12H15N5O2/c1-3-7(2)19-12(18)9-5-4-8(13)6-10(9)11-14-16-17-15-11/h4-7H,3,13H2,1-2H3,(H,14,15,16,17). The molecule has 0 aliphatic carbocycles. The highest BCUT2D eigenvalue weighted by Crippen LogP contribution is 2.23. The summed E-state index contributed by atoms with van der Waals surface area (Å²) in [4.78, 5) is 12.1. The highest BCUT2D eigenvalue weighted by Gasteiger charge is 2.18. The van der Waals surface area contributed by atoms with Crippen molar-refractivity contribution >= 4 is 11.7 Å². The Balaban J connectivity index is 2.38. The first-order valence-corrected chi connectivity index (χ1v) is 5.96. The highest BCUT2D eigenvalue weighted by molar-refractivity contribution is 5.97. The lowest BCUT2D eigenvalue weighted by atomic mass is 10.1. The number of carbonyl (C=O) groups excluding carboxylic acids is 1. The van der Waals surface area contributed by atoms with Crippen LogP contribution in [0.25, 0.3) is 11.4 Å². The van der Waals surface area contributed by atoms with Crippen LogP contribution in [-0.2, 0) is 4.74 Å². The second kappa shape index (κ2) is 5.47. The number of esters is 1. The number of rotatable bonds is 4.